The molecule has 0 unspecified atom stereocenters. The van der Waals surface area contributed by atoms with E-state index in [1.54, 1.807) is 16.9 Å². The van der Waals surface area contributed by atoms with E-state index in [1.165, 1.54) is 25.5 Å². The fourth-order valence-electron chi connectivity index (χ4n) is 2.46. The molecule has 1 N–H and O–H groups in total. The molecule has 0 saturated heterocycles. The highest BCUT2D eigenvalue weighted by Crippen LogP contribution is 2.32. The second-order valence-corrected chi connectivity index (χ2v) is 5.10. The Labute approximate surface area is 142 Å². The Morgan fingerprint density at radius 2 is 2.04 bits per heavy atom. The summed E-state index contributed by atoms with van der Waals surface area (Å²) in [6, 6.07) is 13.9. The molecule has 0 radical (unpaired) electrons. The third-order valence-electron chi connectivity index (χ3n) is 3.61. The Hall–Kier alpha value is -3.68. The summed E-state index contributed by atoms with van der Waals surface area (Å²) in [5.41, 5.74) is 2.13. The number of hydrogen-bond acceptors (Lipinski definition) is 6. The number of ether oxygens (including phenoxy) is 1. The molecule has 0 aliphatic carbocycles. The molecule has 0 aliphatic heterocycles. The monoisotopic (exact) mass is 338 g/mol. The maximum Gasteiger partial charge on any atom is 0.311 e. The molecule has 3 aromatic rings. The van der Waals surface area contributed by atoms with Crippen LogP contribution < -0.4 is 4.74 Å². The van der Waals surface area contributed by atoms with Crippen molar-refractivity contribution in [3.63, 3.8) is 0 Å². The topological polar surface area (TPSA) is 103 Å². The fraction of sp³-hybridized carbons (Fsp3) is 0.0588. The van der Waals surface area contributed by atoms with Crippen LogP contribution in [0.2, 0.25) is 0 Å². The van der Waals surface area contributed by atoms with Crippen LogP contribution in [0, 0.1) is 10.1 Å². The molecular formula is C17H14N4O4. The number of oxime groups is 1. The highest BCUT2D eigenvalue weighted by atomic mass is 16.6. The van der Waals surface area contributed by atoms with E-state index in [1.807, 2.05) is 30.3 Å². The average molecular weight is 338 g/mol. The summed E-state index contributed by atoms with van der Waals surface area (Å²) in [5.74, 6) is 0.161. The third kappa shape index (κ3) is 3.18. The summed E-state index contributed by atoms with van der Waals surface area (Å²) >= 11 is 0. The normalized spacial score (nSPS) is 10.9. The van der Waals surface area contributed by atoms with Crippen molar-refractivity contribution in [1.29, 1.82) is 0 Å². The molecule has 0 atom stereocenters. The molecule has 126 valence electrons. The lowest BCUT2D eigenvalue weighted by molar-refractivity contribution is -0.385. The highest BCUT2D eigenvalue weighted by molar-refractivity contribution is 5.89. The molecule has 0 bridgehead atoms. The van der Waals surface area contributed by atoms with Gasteiger partial charge in [0.05, 0.1) is 23.9 Å². The molecule has 0 saturated carbocycles. The minimum Gasteiger partial charge on any atom is -0.490 e. The van der Waals surface area contributed by atoms with Crippen molar-refractivity contribution in [3.05, 3.63) is 70.4 Å². The van der Waals surface area contributed by atoms with E-state index in [2.05, 4.69) is 10.3 Å². The number of rotatable bonds is 5. The first-order chi connectivity index (χ1) is 12.1. The van der Waals surface area contributed by atoms with E-state index in [0.29, 0.717) is 16.8 Å². The van der Waals surface area contributed by atoms with Crippen molar-refractivity contribution in [2.24, 2.45) is 5.16 Å². The van der Waals surface area contributed by atoms with Crippen molar-refractivity contribution < 1.29 is 14.9 Å². The molecule has 0 aliphatic rings. The highest BCUT2D eigenvalue weighted by Gasteiger charge is 2.19. The van der Waals surface area contributed by atoms with Gasteiger partial charge in [-0.3, -0.25) is 10.1 Å². The van der Waals surface area contributed by atoms with Gasteiger partial charge in [-0.05, 0) is 24.3 Å². The molecule has 1 heterocycles. The first-order valence-corrected chi connectivity index (χ1v) is 7.29. The van der Waals surface area contributed by atoms with Gasteiger partial charge in [-0.1, -0.05) is 23.4 Å². The van der Waals surface area contributed by atoms with Crippen LogP contribution >= 0.6 is 0 Å². The molecule has 2 aromatic carbocycles. The molecule has 0 amide bonds. The van der Waals surface area contributed by atoms with Crippen molar-refractivity contribution in [1.82, 2.24) is 9.78 Å². The number of methoxy groups -OCH3 is 1. The smallest absolute Gasteiger partial charge is 0.311 e. The van der Waals surface area contributed by atoms with Crippen molar-refractivity contribution in [2.75, 3.05) is 7.11 Å². The number of aromatic nitrogens is 2. The molecule has 25 heavy (non-hydrogen) atoms. The van der Waals surface area contributed by atoms with Gasteiger partial charge >= 0.3 is 5.69 Å². The van der Waals surface area contributed by atoms with Crippen molar-refractivity contribution >= 4 is 11.9 Å². The van der Waals surface area contributed by atoms with E-state index >= 15 is 0 Å². The van der Waals surface area contributed by atoms with Gasteiger partial charge in [-0.15, -0.1) is 0 Å². The van der Waals surface area contributed by atoms with E-state index in [9.17, 15) is 10.1 Å². The quantitative estimate of drug-likeness (QED) is 0.333. The Morgan fingerprint density at radius 3 is 2.68 bits per heavy atom. The number of hydrogen-bond donors (Lipinski definition) is 1. The Morgan fingerprint density at radius 1 is 1.28 bits per heavy atom. The van der Waals surface area contributed by atoms with Gasteiger partial charge in [0.2, 0.25) is 0 Å². The second-order valence-electron chi connectivity index (χ2n) is 5.10. The van der Waals surface area contributed by atoms with Crippen LogP contribution in [0.3, 0.4) is 0 Å². The van der Waals surface area contributed by atoms with Gasteiger partial charge in [0.25, 0.3) is 0 Å². The molecule has 3 rings (SSSR count). The maximum atomic E-state index is 11.2. The summed E-state index contributed by atoms with van der Waals surface area (Å²) in [5, 5.41) is 27.7. The van der Waals surface area contributed by atoms with E-state index in [4.69, 9.17) is 9.94 Å². The summed E-state index contributed by atoms with van der Waals surface area (Å²) in [4.78, 5) is 10.7. The molecular weight excluding hydrogens is 324 g/mol. The summed E-state index contributed by atoms with van der Waals surface area (Å²) in [7, 11) is 1.37. The Kier molecular flexibility index (Phi) is 4.42. The van der Waals surface area contributed by atoms with Crippen LogP contribution in [0.4, 0.5) is 5.69 Å². The average Bonchev–Trinajstić information content (AvgIpc) is 3.06. The largest absolute Gasteiger partial charge is 0.490 e. The number of nitro groups is 1. The van der Waals surface area contributed by atoms with Gasteiger partial charge < -0.3 is 9.94 Å². The first kappa shape index (κ1) is 16.2. The minimum atomic E-state index is -0.518. The standard InChI is InChI=1S/C17H14N4O4/c1-25-16-8-7-12(9-15(16)21(23)24)17-13(10-18-22)11-20(19-17)14-5-3-2-4-6-14/h2-11,22H,1H3/b18-10+. The van der Waals surface area contributed by atoms with Gasteiger partial charge in [-0.2, -0.15) is 5.10 Å². The number of nitrogens with zero attached hydrogens (tertiary/aromatic N) is 4. The summed E-state index contributed by atoms with van der Waals surface area (Å²) < 4.78 is 6.63. The lowest BCUT2D eigenvalue weighted by Crippen LogP contribution is -1.96. The van der Waals surface area contributed by atoms with Crippen LogP contribution in [-0.2, 0) is 0 Å². The minimum absolute atomic E-state index is 0.161. The third-order valence-corrected chi connectivity index (χ3v) is 3.61. The zero-order valence-electron chi connectivity index (χ0n) is 13.2. The van der Waals surface area contributed by atoms with Crippen LogP contribution in [0.25, 0.3) is 16.9 Å². The predicted molar refractivity (Wildman–Crippen MR) is 91.6 cm³/mol. The van der Waals surface area contributed by atoms with E-state index in [-0.39, 0.29) is 11.4 Å². The zero-order valence-corrected chi connectivity index (χ0v) is 13.2. The lowest BCUT2D eigenvalue weighted by atomic mass is 10.1. The van der Waals surface area contributed by atoms with Gasteiger partial charge in [0, 0.05) is 23.4 Å². The maximum absolute atomic E-state index is 11.2. The first-order valence-electron chi connectivity index (χ1n) is 7.29. The molecule has 0 spiro atoms. The van der Waals surface area contributed by atoms with Gasteiger partial charge in [-0.25, -0.2) is 4.68 Å². The van der Waals surface area contributed by atoms with E-state index < -0.39 is 4.92 Å². The zero-order chi connectivity index (χ0) is 17.8. The van der Waals surface area contributed by atoms with Gasteiger partial charge in [0.15, 0.2) is 5.75 Å². The molecule has 8 heteroatoms. The Balaban J connectivity index is 2.15. The predicted octanol–water partition coefficient (Wildman–Crippen LogP) is 3.26. The second kappa shape index (κ2) is 6.83. The summed E-state index contributed by atoms with van der Waals surface area (Å²) in [6.07, 6.45) is 2.91. The van der Waals surface area contributed by atoms with Crippen LogP contribution in [0.5, 0.6) is 5.75 Å². The SMILES string of the molecule is COc1ccc(-c2nn(-c3ccccc3)cc2/C=N/O)cc1[N+](=O)[O-]. The van der Waals surface area contributed by atoms with Crippen LogP contribution in [-0.4, -0.2) is 33.2 Å². The Bertz CT molecular complexity index is 935. The number of nitro benzene ring substituents is 1. The molecule has 0 fully saturated rings. The van der Waals surface area contributed by atoms with Crippen molar-refractivity contribution in [2.45, 2.75) is 0 Å². The molecule has 1 aromatic heterocycles. The number of para-hydroxylation sites is 1. The number of benzene rings is 2. The summed E-state index contributed by atoms with van der Waals surface area (Å²) in [6.45, 7) is 0. The van der Waals surface area contributed by atoms with E-state index in [0.717, 1.165) is 5.69 Å². The lowest BCUT2D eigenvalue weighted by Gasteiger charge is -2.04. The fourth-order valence-corrected chi connectivity index (χ4v) is 2.46. The van der Waals surface area contributed by atoms with Crippen LogP contribution in [0.1, 0.15) is 5.56 Å². The van der Waals surface area contributed by atoms with Crippen molar-refractivity contribution in [3.8, 4) is 22.7 Å². The molecule has 8 nitrogen and oxygen atoms in total. The van der Waals surface area contributed by atoms with Crippen LogP contribution in [0.15, 0.2) is 59.9 Å². The van der Waals surface area contributed by atoms with Gasteiger partial charge in [0.1, 0.15) is 5.69 Å².